The highest BCUT2D eigenvalue weighted by molar-refractivity contribution is 6.31. The lowest BCUT2D eigenvalue weighted by atomic mass is 10.2. The van der Waals surface area contributed by atoms with E-state index in [0.717, 1.165) is 10.9 Å². The molecular formula is C13H13ClN2O2. The molecule has 0 fully saturated rings. The minimum absolute atomic E-state index is 0.0425. The van der Waals surface area contributed by atoms with Crippen molar-refractivity contribution in [1.29, 1.82) is 0 Å². The maximum Gasteiger partial charge on any atom is 0.250 e. The third-order valence-corrected chi connectivity index (χ3v) is 2.65. The van der Waals surface area contributed by atoms with Crippen LogP contribution in [-0.4, -0.2) is 24.1 Å². The highest BCUT2D eigenvalue weighted by Gasteiger charge is 2.06. The van der Waals surface area contributed by atoms with E-state index in [1.54, 1.807) is 24.4 Å². The lowest BCUT2D eigenvalue weighted by Crippen LogP contribution is -2.18. The number of aromatic nitrogens is 1. The van der Waals surface area contributed by atoms with Crippen molar-refractivity contribution in [3.63, 3.8) is 0 Å². The Hall–Kier alpha value is -1.65. The molecule has 2 rings (SSSR count). The van der Waals surface area contributed by atoms with Crippen molar-refractivity contribution in [3.05, 3.63) is 35.5 Å². The third-order valence-electron chi connectivity index (χ3n) is 2.41. The number of hydrogen-bond donors (Lipinski definition) is 1. The normalized spacial score (nSPS) is 10.6. The molecule has 1 aromatic carbocycles. The van der Waals surface area contributed by atoms with E-state index in [4.69, 9.17) is 16.3 Å². The van der Waals surface area contributed by atoms with Gasteiger partial charge < -0.3 is 10.1 Å². The minimum atomic E-state index is -0.190. The molecule has 1 heterocycles. The number of carbonyl (C=O) groups excluding carboxylic acids is 1. The van der Waals surface area contributed by atoms with E-state index in [0.29, 0.717) is 17.3 Å². The molecule has 0 radical (unpaired) electrons. The number of pyridine rings is 1. The summed E-state index contributed by atoms with van der Waals surface area (Å²) < 4.78 is 5.05. The molecular weight excluding hydrogens is 252 g/mol. The largest absolute Gasteiger partial charge is 0.372 e. The lowest BCUT2D eigenvalue weighted by Gasteiger charge is -2.08. The van der Waals surface area contributed by atoms with Crippen LogP contribution in [0.3, 0.4) is 0 Å². The second-order valence-corrected chi connectivity index (χ2v) is 4.14. The highest BCUT2D eigenvalue weighted by atomic mass is 35.5. The fraction of sp³-hybridized carbons (Fsp3) is 0.231. The number of benzene rings is 1. The number of hydrogen-bond acceptors (Lipinski definition) is 3. The van der Waals surface area contributed by atoms with Crippen molar-refractivity contribution < 1.29 is 9.53 Å². The van der Waals surface area contributed by atoms with E-state index in [1.165, 1.54) is 0 Å². The molecule has 0 aliphatic heterocycles. The molecule has 1 aromatic heterocycles. The summed E-state index contributed by atoms with van der Waals surface area (Å²) in [5.41, 5.74) is 1.47. The number of fused-ring (bicyclic) bond motifs is 1. The number of anilines is 1. The van der Waals surface area contributed by atoms with Gasteiger partial charge in [0.05, 0.1) is 11.2 Å². The van der Waals surface area contributed by atoms with Crippen LogP contribution in [-0.2, 0) is 9.53 Å². The highest BCUT2D eigenvalue weighted by Crippen LogP contribution is 2.24. The second kappa shape index (κ2) is 5.80. The van der Waals surface area contributed by atoms with Gasteiger partial charge in [0.15, 0.2) is 0 Å². The van der Waals surface area contributed by atoms with Crippen molar-refractivity contribution in [3.8, 4) is 0 Å². The number of amides is 1. The van der Waals surface area contributed by atoms with Crippen molar-refractivity contribution in [2.45, 2.75) is 6.92 Å². The van der Waals surface area contributed by atoms with Gasteiger partial charge in [-0.05, 0) is 31.2 Å². The quantitative estimate of drug-likeness (QED) is 0.924. The summed E-state index contributed by atoms with van der Waals surface area (Å²) in [6.45, 7) is 2.39. The Kier molecular flexibility index (Phi) is 4.12. The molecule has 0 saturated heterocycles. The monoisotopic (exact) mass is 264 g/mol. The Bertz CT molecular complexity index is 572. The number of carbonyl (C=O) groups is 1. The molecule has 2 aromatic rings. The average Bonchev–Trinajstić information content (AvgIpc) is 2.37. The van der Waals surface area contributed by atoms with E-state index in [2.05, 4.69) is 10.3 Å². The van der Waals surface area contributed by atoms with E-state index >= 15 is 0 Å². The van der Waals surface area contributed by atoms with Crippen molar-refractivity contribution in [1.82, 2.24) is 4.98 Å². The Labute approximate surface area is 110 Å². The molecule has 94 valence electrons. The van der Waals surface area contributed by atoms with Gasteiger partial charge >= 0.3 is 0 Å². The number of nitrogens with zero attached hydrogens (tertiary/aromatic N) is 1. The predicted octanol–water partition coefficient (Wildman–Crippen LogP) is 2.86. The first-order chi connectivity index (χ1) is 8.70. The first-order valence-electron chi connectivity index (χ1n) is 5.62. The van der Waals surface area contributed by atoms with Gasteiger partial charge in [0.25, 0.3) is 0 Å². The van der Waals surface area contributed by atoms with Gasteiger partial charge in [0, 0.05) is 23.2 Å². The molecule has 0 spiro atoms. The Morgan fingerprint density at radius 2 is 2.28 bits per heavy atom. The van der Waals surface area contributed by atoms with Crippen molar-refractivity contribution in [2.24, 2.45) is 0 Å². The average molecular weight is 265 g/mol. The number of halogens is 1. The van der Waals surface area contributed by atoms with E-state index in [-0.39, 0.29) is 12.5 Å². The molecule has 0 saturated carbocycles. The third kappa shape index (κ3) is 2.97. The van der Waals surface area contributed by atoms with Crippen molar-refractivity contribution in [2.75, 3.05) is 18.5 Å². The SMILES string of the molecule is CCOCC(=O)Nc1ccnc2ccc(Cl)cc12. The number of rotatable bonds is 4. The van der Waals surface area contributed by atoms with Crippen LogP contribution >= 0.6 is 11.6 Å². The van der Waals surface area contributed by atoms with Crippen LogP contribution < -0.4 is 5.32 Å². The van der Waals surface area contributed by atoms with Crippen LogP contribution in [0.2, 0.25) is 5.02 Å². The zero-order valence-electron chi connectivity index (χ0n) is 9.94. The van der Waals surface area contributed by atoms with E-state index in [9.17, 15) is 4.79 Å². The number of ether oxygens (including phenoxy) is 1. The summed E-state index contributed by atoms with van der Waals surface area (Å²) in [5, 5.41) is 4.21. The first kappa shape index (κ1) is 12.8. The molecule has 5 heteroatoms. The van der Waals surface area contributed by atoms with Crippen LogP contribution in [0.4, 0.5) is 5.69 Å². The van der Waals surface area contributed by atoms with E-state index < -0.39 is 0 Å². The fourth-order valence-electron chi connectivity index (χ4n) is 1.61. The second-order valence-electron chi connectivity index (χ2n) is 3.71. The fourth-order valence-corrected chi connectivity index (χ4v) is 1.78. The Balaban J connectivity index is 2.27. The van der Waals surface area contributed by atoms with Crippen LogP contribution in [0, 0.1) is 0 Å². The Morgan fingerprint density at radius 3 is 3.06 bits per heavy atom. The van der Waals surface area contributed by atoms with Gasteiger partial charge in [-0.3, -0.25) is 9.78 Å². The van der Waals surface area contributed by atoms with Gasteiger partial charge in [0.2, 0.25) is 5.91 Å². The lowest BCUT2D eigenvalue weighted by molar-refractivity contribution is -0.120. The van der Waals surface area contributed by atoms with Crippen LogP contribution in [0.5, 0.6) is 0 Å². The smallest absolute Gasteiger partial charge is 0.250 e. The molecule has 0 unspecified atom stereocenters. The summed E-state index contributed by atoms with van der Waals surface area (Å²) in [5.74, 6) is -0.190. The standard InChI is InChI=1S/C13H13ClN2O2/c1-2-18-8-13(17)16-12-5-6-15-11-4-3-9(14)7-10(11)12/h3-7H,2,8H2,1H3,(H,15,16,17). The van der Waals surface area contributed by atoms with Crippen molar-refractivity contribution >= 4 is 34.1 Å². The van der Waals surface area contributed by atoms with Gasteiger partial charge in [-0.2, -0.15) is 0 Å². The Morgan fingerprint density at radius 1 is 1.44 bits per heavy atom. The molecule has 4 nitrogen and oxygen atoms in total. The van der Waals surface area contributed by atoms with Gasteiger partial charge in [-0.25, -0.2) is 0 Å². The van der Waals surface area contributed by atoms with Crippen LogP contribution in [0.15, 0.2) is 30.5 Å². The van der Waals surface area contributed by atoms with Gasteiger partial charge in [0.1, 0.15) is 6.61 Å². The van der Waals surface area contributed by atoms with Crippen LogP contribution in [0.25, 0.3) is 10.9 Å². The molecule has 0 aliphatic rings. The zero-order chi connectivity index (χ0) is 13.0. The summed E-state index contributed by atoms with van der Waals surface area (Å²) in [7, 11) is 0. The summed E-state index contributed by atoms with van der Waals surface area (Å²) in [4.78, 5) is 15.8. The maximum atomic E-state index is 11.6. The summed E-state index contributed by atoms with van der Waals surface area (Å²) >= 11 is 5.95. The molecule has 1 N–H and O–H groups in total. The maximum absolute atomic E-state index is 11.6. The predicted molar refractivity (Wildman–Crippen MR) is 71.9 cm³/mol. The topological polar surface area (TPSA) is 51.2 Å². The first-order valence-corrected chi connectivity index (χ1v) is 6.00. The van der Waals surface area contributed by atoms with Gasteiger partial charge in [-0.1, -0.05) is 11.6 Å². The molecule has 0 aliphatic carbocycles. The number of nitrogens with one attached hydrogen (secondary N) is 1. The zero-order valence-corrected chi connectivity index (χ0v) is 10.7. The summed E-state index contributed by atoms with van der Waals surface area (Å²) in [6, 6.07) is 7.10. The van der Waals surface area contributed by atoms with Crippen LogP contribution in [0.1, 0.15) is 6.92 Å². The molecule has 0 atom stereocenters. The minimum Gasteiger partial charge on any atom is -0.372 e. The van der Waals surface area contributed by atoms with E-state index in [1.807, 2.05) is 13.0 Å². The molecule has 18 heavy (non-hydrogen) atoms. The molecule has 0 bridgehead atoms. The summed E-state index contributed by atoms with van der Waals surface area (Å²) in [6.07, 6.45) is 1.65. The van der Waals surface area contributed by atoms with Gasteiger partial charge in [-0.15, -0.1) is 0 Å². The molecule has 1 amide bonds.